The van der Waals surface area contributed by atoms with Crippen LogP contribution in [0.5, 0.6) is 11.5 Å². The van der Waals surface area contributed by atoms with Crippen molar-refractivity contribution in [3.63, 3.8) is 0 Å². The van der Waals surface area contributed by atoms with Crippen LogP contribution in [-0.2, 0) is 12.8 Å². The first-order valence-electron chi connectivity index (χ1n) is 16.4. The molecule has 0 aliphatic carbocycles. The van der Waals surface area contributed by atoms with Gasteiger partial charge in [-0.25, -0.2) is 0 Å². The molecule has 0 spiro atoms. The molecular formula is C36H60O2Sn. The average molecular weight is 644 g/mol. The number of hydrogen-bond donors (Lipinski definition) is 0. The Balaban J connectivity index is 2.41. The predicted octanol–water partition coefficient (Wildman–Crippen LogP) is 11.7. The van der Waals surface area contributed by atoms with E-state index in [2.05, 4.69) is 79.7 Å². The van der Waals surface area contributed by atoms with Crippen molar-refractivity contribution in [1.82, 2.24) is 0 Å². The molecule has 0 aliphatic heterocycles. The van der Waals surface area contributed by atoms with Crippen LogP contribution in [0.15, 0.2) is 24.3 Å². The van der Waals surface area contributed by atoms with E-state index >= 15 is 0 Å². The molecule has 0 saturated carbocycles. The molecule has 0 unspecified atom stereocenters. The number of aryl methyl sites for hydroxylation is 2. The van der Waals surface area contributed by atoms with E-state index in [9.17, 15) is 0 Å². The molecule has 0 aliphatic rings. The number of benzene rings is 2. The Morgan fingerprint density at radius 3 is 1.18 bits per heavy atom. The van der Waals surface area contributed by atoms with Crippen LogP contribution in [0.3, 0.4) is 0 Å². The Hall–Kier alpha value is -1.16. The fourth-order valence-electron chi connectivity index (χ4n) is 5.79. The molecule has 0 bridgehead atoms. The summed E-state index contributed by atoms with van der Waals surface area (Å²) in [5.74, 6) is 2.16. The van der Waals surface area contributed by atoms with Gasteiger partial charge in [0.2, 0.25) is 0 Å². The molecule has 2 aromatic carbocycles. The van der Waals surface area contributed by atoms with Gasteiger partial charge in [-0.3, -0.25) is 0 Å². The van der Waals surface area contributed by atoms with Gasteiger partial charge in [0.25, 0.3) is 0 Å². The molecule has 0 saturated heterocycles. The quantitative estimate of drug-likeness (QED) is 0.106. The summed E-state index contributed by atoms with van der Waals surface area (Å²) in [4.78, 5) is 0. The van der Waals surface area contributed by atoms with Crippen LogP contribution in [0.1, 0.15) is 138 Å². The van der Waals surface area contributed by atoms with Crippen LogP contribution in [0.2, 0.25) is 8.87 Å². The van der Waals surface area contributed by atoms with E-state index in [1.807, 2.05) is 0 Å². The summed E-state index contributed by atoms with van der Waals surface area (Å²) in [5.41, 5.74) is 8.23. The molecule has 0 fully saturated rings. The Kier molecular flexibility index (Phi) is 16.0. The molecule has 2 rings (SSSR count). The van der Waals surface area contributed by atoms with Gasteiger partial charge in [0.1, 0.15) is 0 Å². The van der Waals surface area contributed by atoms with Gasteiger partial charge in [-0.15, -0.1) is 0 Å². The summed E-state index contributed by atoms with van der Waals surface area (Å²) in [5, 5.41) is 0. The Morgan fingerprint density at radius 1 is 0.462 bits per heavy atom. The van der Waals surface area contributed by atoms with Gasteiger partial charge in [-0.1, -0.05) is 0 Å². The summed E-state index contributed by atoms with van der Waals surface area (Å²) in [6.45, 7) is 18.1. The van der Waals surface area contributed by atoms with Crippen molar-refractivity contribution < 1.29 is 6.15 Å². The molecule has 220 valence electrons. The molecule has 3 heteroatoms. The van der Waals surface area contributed by atoms with Gasteiger partial charge in [0.15, 0.2) is 0 Å². The zero-order valence-electron chi connectivity index (χ0n) is 26.9. The SMILES string of the molecule is CCCCCCC[CH2][Sn]([CH2]CCCCCCC)([O]c1ccc(CC)c(C)c1C)[O]c1ccc(CC)c(C)c1C. The van der Waals surface area contributed by atoms with Crippen LogP contribution < -0.4 is 6.15 Å². The minimum absolute atomic E-state index is 1.07. The normalized spacial score (nSPS) is 11.7. The molecule has 0 N–H and O–H groups in total. The van der Waals surface area contributed by atoms with Crippen LogP contribution >= 0.6 is 0 Å². The summed E-state index contributed by atoms with van der Waals surface area (Å²) >= 11 is -3.57. The van der Waals surface area contributed by atoms with Crippen LogP contribution in [0, 0.1) is 27.7 Å². The molecule has 2 nitrogen and oxygen atoms in total. The van der Waals surface area contributed by atoms with E-state index in [0.717, 1.165) is 33.2 Å². The van der Waals surface area contributed by atoms with Crippen LogP contribution in [0.25, 0.3) is 0 Å². The molecule has 0 radical (unpaired) electrons. The molecule has 0 heterocycles. The second kappa shape index (κ2) is 18.3. The molecule has 0 atom stereocenters. The zero-order valence-corrected chi connectivity index (χ0v) is 29.8. The van der Waals surface area contributed by atoms with E-state index in [1.54, 1.807) is 0 Å². The van der Waals surface area contributed by atoms with Crippen LogP contribution in [-0.4, -0.2) is 19.2 Å². The topological polar surface area (TPSA) is 18.5 Å². The van der Waals surface area contributed by atoms with Gasteiger partial charge in [-0.2, -0.15) is 0 Å². The number of hydrogen-bond acceptors (Lipinski definition) is 2. The van der Waals surface area contributed by atoms with Gasteiger partial charge in [0.05, 0.1) is 0 Å². The van der Waals surface area contributed by atoms with Gasteiger partial charge >= 0.3 is 249 Å². The molecule has 2 aromatic rings. The first-order chi connectivity index (χ1) is 18.8. The van der Waals surface area contributed by atoms with Crippen molar-refractivity contribution in [1.29, 1.82) is 0 Å². The summed E-state index contributed by atoms with van der Waals surface area (Å²) in [7, 11) is 0. The Bertz CT molecular complexity index is 901. The van der Waals surface area contributed by atoms with Gasteiger partial charge < -0.3 is 0 Å². The van der Waals surface area contributed by atoms with Crippen molar-refractivity contribution in [2.24, 2.45) is 0 Å². The summed E-state index contributed by atoms with van der Waals surface area (Å²) in [6.07, 6.45) is 17.8. The Morgan fingerprint density at radius 2 is 0.821 bits per heavy atom. The summed E-state index contributed by atoms with van der Waals surface area (Å²) in [6, 6.07) is 9.07. The zero-order chi connectivity index (χ0) is 28.7. The van der Waals surface area contributed by atoms with Gasteiger partial charge in [-0.05, 0) is 0 Å². The fourth-order valence-corrected chi connectivity index (χ4v) is 15.8. The maximum atomic E-state index is 7.31. The molecule has 39 heavy (non-hydrogen) atoms. The second-order valence-corrected chi connectivity index (χ2v) is 21.0. The number of unbranched alkanes of at least 4 members (excludes halogenated alkanes) is 10. The Labute approximate surface area is 247 Å². The van der Waals surface area contributed by atoms with Crippen molar-refractivity contribution in [2.75, 3.05) is 0 Å². The van der Waals surface area contributed by atoms with Crippen molar-refractivity contribution in [3.05, 3.63) is 57.6 Å². The monoisotopic (exact) mass is 644 g/mol. The molecular weight excluding hydrogens is 583 g/mol. The van der Waals surface area contributed by atoms with Crippen molar-refractivity contribution in [2.45, 2.75) is 154 Å². The summed E-state index contributed by atoms with van der Waals surface area (Å²) < 4.78 is 16.9. The molecule has 0 amide bonds. The third-order valence-corrected chi connectivity index (χ3v) is 18.6. The third-order valence-electron chi connectivity index (χ3n) is 8.88. The van der Waals surface area contributed by atoms with E-state index in [0.29, 0.717) is 0 Å². The first-order valence-corrected chi connectivity index (χ1v) is 22.7. The van der Waals surface area contributed by atoms with E-state index in [1.165, 1.54) is 110 Å². The van der Waals surface area contributed by atoms with Crippen LogP contribution in [0.4, 0.5) is 0 Å². The maximum absolute atomic E-state index is 7.31. The third kappa shape index (κ3) is 10.6. The minimum atomic E-state index is -3.57. The van der Waals surface area contributed by atoms with E-state index in [4.69, 9.17) is 6.15 Å². The van der Waals surface area contributed by atoms with Gasteiger partial charge in [0, 0.05) is 0 Å². The van der Waals surface area contributed by atoms with E-state index < -0.39 is 19.2 Å². The first kappa shape index (κ1) is 34.0. The van der Waals surface area contributed by atoms with Crippen molar-refractivity contribution in [3.8, 4) is 11.5 Å². The average Bonchev–Trinajstić information content (AvgIpc) is 2.93. The standard InChI is InChI=1S/2C10H14O.2C8H17.Sn/c2*1-4-9-5-6-10(11)8(3)7(9)2;2*1-3-5-7-8-6-4-2;/h2*5-6,11H,4H2,1-3H3;2*1,3-8H2,2H3;/q;;;;+2/p-2. The van der Waals surface area contributed by atoms with Crippen molar-refractivity contribution >= 4 is 19.2 Å². The predicted molar refractivity (Wildman–Crippen MR) is 174 cm³/mol. The number of rotatable bonds is 20. The second-order valence-electron chi connectivity index (χ2n) is 11.8. The molecule has 0 aromatic heterocycles. The fraction of sp³-hybridized carbons (Fsp3) is 0.667. The van der Waals surface area contributed by atoms with E-state index in [-0.39, 0.29) is 0 Å².